The van der Waals surface area contributed by atoms with Crippen LogP contribution in [-0.4, -0.2) is 33.8 Å². The Hall–Kier alpha value is -1.85. The smallest absolute Gasteiger partial charge is 0.191 e. The van der Waals surface area contributed by atoms with Gasteiger partial charge in [-0.1, -0.05) is 38.2 Å². The molecule has 0 aromatic carbocycles. The molecule has 0 bridgehead atoms. The fourth-order valence-corrected chi connectivity index (χ4v) is 3.15. The third kappa shape index (κ3) is 5.98. The Morgan fingerprint density at radius 3 is 2.75 bits per heavy atom. The first-order chi connectivity index (χ1) is 11.7. The number of rotatable bonds is 8. The van der Waals surface area contributed by atoms with Crippen LogP contribution in [0.5, 0.6) is 0 Å². The molecule has 0 unspecified atom stereocenters. The minimum Gasteiger partial charge on any atom is -0.356 e. The van der Waals surface area contributed by atoms with E-state index in [0.29, 0.717) is 13.1 Å². The highest BCUT2D eigenvalue weighted by Gasteiger charge is 2.12. The maximum atomic E-state index is 4.61. The minimum absolute atomic E-state index is 0.520. The number of hydrogen-bond donors (Lipinski definition) is 2. The van der Waals surface area contributed by atoms with E-state index in [0.717, 1.165) is 30.1 Å². The molecule has 1 heterocycles. The van der Waals surface area contributed by atoms with E-state index in [1.54, 1.807) is 0 Å². The molecule has 0 aliphatic heterocycles. The van der Waals surface area contributed by atoms with E-state index in [1.807, 2.05) is 24.6 Å². The van der Waals surface area contributed by atoms with E-state index in [-0.39, 0.29) is 0 Å². The molecular weight excluding hydrogens is 300 g/mol. The molecule has 0 spiro atoms. The van der Waals surface area contributed by atoms with Crippen molar-refractivity contribution >= 4 is 5.96 Å². The van der Waals surface area contributed by atoms with Crippen molar-refractivity contribution in [2.24, 2.45) is 18.0 Å². The Balaban J connectivity index is 1.77. The van der Waals surface area contributed by atoms with Crippen LogP contribution >= 0.6 is 0 Å². The average Bonchev–Trinajstić information content (AvgIpc) is 2.93. The van der Waals surface area contributed by atoms with Gasteiger partial charge in [0.25, 0.3) is 0 Å². The highest BCUT2D eigenvalue weighted by molar-refractivity contribution is 5.79. The van der Waals surface area contributed by atoms with E-state index in [9.17, 15) is 0 Å². The van der Waals surface area contributed by atoms with Crippen molar-refractivity contribution < 1.29 is 0 Å². The summed E-state index contributed by atoms with van der Waals surface area (Å²) in [5, 5.41) is 14.9. The van der Waals surface area contributed by atoms with Gasteiger partial charge < -0.3 is 15.2 Å². The zero-order valence-corrected chi connectivity index (χ0v) is 15.2. The van der Waals surface area contributed by atoms with Crippen molar-refractivity contribution in [2.75, 3.05) is 13.1 Å². The number of nitrogens with zero attached hydrogens (tertiary/aromatic N) is 4. The SMILES string of the molecule is C=CCNC(=NCc1nnc(C)n1C)NCCCC1CCCCC1. The van der Waals surface area contributed by atoms with Crippen molar-refractivity contribution in [3.8, 4) is 0 Å². The van der Waals surface area contributed by atoms with Crippen LogP contribution in [0.25, 0.3) is 0 Å². The van der Waals surface area contributed by atoms with Gasteiger partial charge >= 0.3 is 0 Å². The van der Waals surface area contributed by atoms with E-state index in [4.69, 9.17) is 0 Å². The van der Waals surface area contributed by atoms with Gasteiger partial charge in [0.05, 0.1) is 0 Å². The molecule has 0 amide bonds. The molecule has 0 radical (unpaired) electrons. The number of nitrogens with one attached hydrogen (secondary N) is 2. The van der Waals surface area contributed by atoms with Gasteiger partial charge in [-0.15, -0.1) is 16.8 Å². The number of aliphatic imine (C=N–C) groups is 1. The van der Waals surface area contributed by atoms with Crippen molar-refractivity contribution in [3.63, 3.8) is 0 Å². The van der Waals surface area contributed by atoms with Crippen LogP contribution in [0.1, 0.15) is 56.6 Å². The molecule has 2 rings (SSSR count). The Morgan fingerprint density at radius 2 is 2.08 bits per heavy atom. The summed E-state index contributed by atoms with van der Waals surface area (Å²) in [5.41, 5.74) is 0. The Bertz CT molecular complexity index is 528. The molecular formula is C18H32N6. The maximum Gasteiger partial charge on any atom is 0.191 e. The first-order valence-electron chi connectivity index (χ1n) is 9.18. The lowest BCUT2D eigenvalue weighted by Crippen LogP contribution is -2.38. The molecule has 1 saturated carbocycles. The second kappa shape index (κ2) is 10.1. The van der Waals surface area contributed by atoms with Crippen LogP contribution in [0.4, 0.5) is 0 Å². The number of guanidine groups is 1. The van der Waals surface area contributed by atoms with Crippen LogP contribution in [0.2, 0.25) is 0 Å². The van der Waals surface area contributed by atoms with Gasteiger partial charge in [-0.3, -0.25) is 0 Å². The summed E-state index contributed by atoms with van der Waals surface area (Å²) < 4.78 is 1.97. The Morgan fingerprint density at radius 1 is 1.29 bits per heavy atom. The van der Waals surface area contributed by atoms with E-state index in [2.05, 4.69) is 32.4 Å². The maximum absolute atomic E-state index is 4.61. The van der Waals surface area contributed by atoms with Crippen molar-refractivity contribution in [1.29, 1.82) is 0 Å². The lowest BCUT2D eigenvalue weighted by Gasteiger charge is -2.21. The quantitative estimate of drug-likeness (QED) is 0.332. The summed E-state index contributed by atoms with van der Waals surface area (Å²) in [6.07, 6.45) is 11.5. The predicted molar refractivity (Wildman–Crippen MR) is 98.9 cm³/mol. The summed E-state index contributed by atoms with van der Waals surface area (Å²) in [4.78, 5) is 4.61. The molecule has 134 valence electrons. The largest absolute Gasteiger partial charge is 0.356 e. The summed E-state index contributed by atoms with van der Waals surface area (Å²) in [7, 11) is 1.97. The van der Waals surface area contributed by atoms with Gasteiger partial charge in [-0.05, 0) is 25.7 Å². The molecule has 24 heavy (non-hydrogen) atoms. The first kappa shape index (κ1) is 18.5. The number of hydrogen-bond acceptors (Lipinski definition) is 3. The van der Waals surface area contributed by atoms with Crippen LogP contribution in [-0.2, 0) is 13.6 Å². The summed E-state index contributed by atoms with van der Waals surface area (Å²) >= 11 is 0. The van der Waals surface area contributed by atoms with E-state index in [1.165, 1.54) is 44.9 Å². The van der Waals surface area contributed by atoms with E-state index >= 15 is 0 Å². The molecule has 1 aliphatic rings. The topological polar surface area (TPSA) is 67.1 Å². The van der Waals surface area contributed by atoms with Crippen molar-refractivity contribution in [3.05, 3.63) is 24.3 Å². The highest BCUT2D eigenvalue weighted by Crippen LogP contribution is 2.26. The average molecular weight is 332 g/mol. The molecule has 0 saturated heterocycles. The monoisotopic (exact) mass is 332 g/mol. The molecule has 1 aliphatic carbocycles. The number of aryl methyl sites for hydroxylation is 1. The lowest BCUT2D eigenvalue weighted by molar-refractivity contribution is 0.332. The predicted octanol–water partition coefficient (Wildman–Crippen LogP) is 2.71. The summed E-state index contributed by atoms with van der Waals surface area (Å²) in [5.74, 6) is 3.53. The lowest BCUT2D eigenvalue weighted by atomic mass is 9.86. The Kier molecular flexibility index (Phi) is 7.79. The van der Waals surface area contributed by atoms with Crippen molar-refractivity contribution in [2.45, 2.75) is 58.4 Å². The van der Waals surface area contributed by atoms with Gasteiger partial charge in [-0.2, -0.15) is 0 Å². The molecule has 1 aromatic heterocycles. The van der Waals surface area contributed by atoms with Crippen molar-refractivity contribution in [1.82, 2.24) is 25.4 Å². The minimum atomic E-state index is 0.520. The normalized spacial score (nSPS) is 16.2. The molecule has 0 atom stereocenters. The highest BCUT2D eigenvalue weighted by atomic mass is 15.3. The van der Waals surface area contributed by atoms with Gasteiger partial charge in [-0.25, -0.2) is 4.99 Å². The fourth-order valence-electron chi connectivity index (χ4n) is 3.15. The van der Waals surface area contributed by atoms with Crippen LogP contribution in [0.3, 0.4) is 0 Å². The van der Waals surface area contributed by atoms with Crippen LogP contribution in [0.15, 0.2) is 17.6 Å². The van der Waals surface area contributed by atoms with Gasteiger partial charge in [0, 0.05) is 20.1 Å². The molecule has 2 N–H and O–H groups in total. The summed E-state index contributed by atoms with van der Waals surface area (Å²) in [6.45, 7) is 7.88. The van der Waals surface area contributed by atoms with Crippen LogP contribution < -0.4 is 10.6 Å². The van der Waals surface area contributed by atoms with Gasteiger partial charge in [0.1, 0.15) is 12.4 Å². The second-order valence-corrected chi connectivity index (χ2v) is 6.63. The molecule has 6 nitrogen and oxygen atoms in total. The zero-order valence-electron chi connectivity index (χ0n) is 15.2. The van der Waals surface area contributed by atoms with Crippen LogP contribution in [0, 0.1) is 12.8 Å². The molecule has 6 heteroatoms. The summed E-state index contributed by atoms with van der Waals surface area (Å²) in [6, 6.07) is 0. The number of aromatic nitrogens is 3. The fraction of sp³-hybridized carbons (Fsp3) is 0.722. The zero-order chi connectivity index (χ0) is 17.2. The third-order valence-corrected chi connectivity index (χ3v) is 4.78. The standard InChI is InChI=1S/C18H32N6/c1-4-12-19-18(21-14-17-23-22-15(2)24(17)3)20-13-8-11-16-9-6-5-7-10-16/h4,16H,1,5-14H2,2-3H3,(H2,19,20,21). The Labute approximate surface area is 145 Å². The van der Waals surface area contributed by atoms with Gasteiger partial charge in [0.2, 0.25) is 0 Å². The van der Waals surface area contributed by atoms with Gasteiger partial charge in [0.15, 0.2) is 11.8 Å². The van der Waals surface area contributed by atoms with E-state index < -0.39 is 0 Å². The third-order valence-electron chi connectivity index (χ3n) is 4.78. The molecule has 1 aromatic rings. The molecule has 1 fully saturated rings. The second-order valence-electron chi connectivity index (χ2n) is 6.63. The first-order valence-corrected chi connectivity index (χ1v) is 9.18.